The molecule has 0 aromatic heterocycles. The number of hydrogen-bond donors (Lipinski definition) is 1. The average molecular weight is 321 g/mol. The fourth-order valence-corrected chi connectivity index (χ4v) is 2.93. The summed E-state index contributed by atoms with van der Waals surface area (Å²) < 4.78 is 10.9. The second-order valence-electron chi connectivity index (χ2n) is 5.95. The number of benzene rings is 1. The predicted molar refractivity (Wildman–Crippen MR) is 84.6 cm³/mol. The van der Waals surface area contributed by atoms with Crippen LogP contribution in [0.2, 0.25) is 0 Å². The van der Waals surface area contributed by atoms with E-state index in [2.05, 4.69) is 0 Å². The SMILES string of the molecule is COC1CC(CC(=O)O)N(C(=O)COc2ccc(C)cc2C)C1. The van der Waals surface area contributed by atoms with Gasteiger partial charge in [0.05, 0.1) is 12.5 Å². The smallest absolute Gasteiger partial charge is 0.305 e. The van der Waals surface area contributed by atoms with Crippen LogP contribution in [0.25, 0.3) is 0 Å². The van der Waals surface area contributed by atoms with E-state index in [0.717, 1.165) is 11.1 Å². The molecule has 6 nitrogen and oxygen atoms in total. The molecule has 2 atom stereocenters. The molecule has 1 aromatic rings. The molecule has 1 heterocycles. The van der Waals surface area contributed by atoms with Gasteiger partial charge in [-0.3, -0.25) is 9.59 Å². The lowest BCUT2D eigenvalue weighted by Crippen LogP contribution is -2.40. The van der Waals surface area contributed by atoms with Crippen molar-refractivity contribution in [3.63, 3.8) is 0 Å². The highest BCUT2D eigenvalue weighted by atomic mass is 16.5. The molecule has 0 radical (unpaired) electrons. The van der Waals surface area contributed by atoms with Crippen LogP contribution < -0.4 is 4.74 Å². The number of aliphatic carboxylic acids is 1. The molecule has 2 unspecified atom stereocenters. The van der Waals surface area contributed by atoms with Gasteiger partial charge in [0.15, 0.2) is 6.61 Å². The molecule has 1 saturated heterocycles. The number of hydrogen-bond acceptors (Lipinski definition) is 4. The zero-order valence-corrected chi connectivity index (χ0v) is 13.7. The number of carboxylic acids is 1. The normalized spacial score (nSPS) is 20.6. The van der Waals surface area contributed by atoms with Gasteiger partial charge in [-0.25, -0.2) is 0 Å². The molecular weight excluding hydrogens is 298 g/mol. The summed E-state index contributed by atoms with van der Waals surface area (Å²) in [5, 5.41) is 8.99. The van der Waals surface area contributed by atoms with Crippen LogP contribution in [0.4, 0.5) is 0 Å². The van der Waals surface area contributed by atoms with Crippen LogP contribution in [0, 0.1) is 13.8 Å². The molecule has 1 aliphatic heterocycles. The first-order valence-corrected chi connectivity index (χ1v) is 7.64. The van der Waals surface area contributed by atoms with Crippen LogP contribution >= 0.6 is 0 Å². The Morgan fingerprint density at radius 1 is 1.35 bits per heavy atom. The van der Waals surface area contributed by atoms with Gasteiger partial charge in [-0.05, 0) is 31.9 Å². The van der Waals surface area contributed by atoms with Gasteiger partial charge in [0.25, 0.3) is 5.91 Å². The second-order valence-corrected chi connectivity index (χ2v) is 5.95. The van der Waals surface area contributed by atoms with Crippen LogP contribution in [0.5, 0.6) is 5.75 Å². The van der Waals surface area contributed by atoms with Crippen molar-refractivity contribution in [1.29, 1.82) is 0 Å². The van der Waals surface area contributed by atoms with Crippen LogP contribution in [0.1, 0.15) is 24.0 Å². The molecule has 0 saturated carbocycles. The van der Waals surface area contributed by atoms with E-state index in [1.165, 1.54) is 0 Å². The first-order valence-electron chi connectivity index (χ1n) is 7.64. The van der Waals surface area contributed by atoms with Gasteiger partial charge in [0.1, 0.15) is 5.75 Å². The minimum absolute atomic E-state index is 0.0742. The number of methoxy groups -OCH3 is 1. The van der Waals surface area contributed by atoms with Crippen molar-refractivity contribution >= 4 is 11.9 Å². The summed E-state index contributed by atoms with van der Waals surface area (Å²) in [6.07, 6.45) is 0.345. The van der Waals surface area contributed by atoms with E-state index in [0.29, 0.717) is 18.7 Å². The van der Waals surface area contributed by atoms with Gasteiger partial charge in [-0.15, -0.1) is 0 Å². The number of aryl methyl sites for hydroxylation is 2. The maximum absolute atomic E-state index is 12.4. The molecule has 1 fully saturated rings. The fraction of sp³-hybridized carbons (Fsp3) is 0.529. The van der Waals surface area contributed by atoms with E-state index in [9.17, 15) is 9.59 Å². The largest absolute Gasteiger partial charge is 0.484 e. The van der Waals surface area contributed by atoms with Crippen molar-refractivity contribution in [1.82, 2.24) is 4.90 Å². The molecule has 1 amide bonds. The Labute approximate surface area is 136 Å². The number of ether oxygens (including phenoxy) is 2. The Morgan fingerprint density at radius 3 is 2.70 bits per heavy atom. The molecule has 1 aliphatic rings. The van der Waals surface area contributed by atoms with E-state index in [1.807, 2.05) is 32.0 Å². The summed E-state index contributed by atoms with van der Waals surface area (Å²) in [5.74, 6) is -0.461. The first kappa shape index (κ1) is 17.3. The predicted octanol–water partition coefficient (Wildman–Crippen LogP) is 1.77. The van der Waals surface area contributed by atoms with Gasteiger partial charge in [-0.2, -0.15) is 0 Å². The minimum Gasteiger partial charge on any atom is -0.484 e. The highest BCUT2D eigenvalue weighted by molar-refractivity contribution is 5.79. The molecule has 126 valence electrons. The number of amides is 1. The number of nitrogens with zero attached hydrogens (tertiary/aromatic N) is 1. The molecule has 1 aromatic carbocycles. The summed E-state index contributed by atoms with van der Waals surface area (Å²) in [6.45, 7) is 4.23. The van der Waals surface area contributed by atoms with E-state index in [1.54, 1.807) is 12.0 Å². The van der Waals surface area contributed by atoms with Crippen LogP contribution in [-0.2, 0) is 14.3 Å². The number of carboxylic acid groups (broad SMARTS) is 1. The highest BCUT2D eigenvalue weighted by Gasteiger charge is 2.36. The van der Waals surface area contributed by atoms with E-state index < -0.39 is 5.97 Å². The fourth-order valence-electron chi connectivity index (χ4n) is 2.93. The number of carbonyl (C=O) groups is 2. The molecule has 0 aliphatic carbocycles. The van der Waals surface area contributed by atoms with Gasteiger partial charge < -0.3 is 19.5 Å². The lowest BCUT2D eigenvalue weighted by molar-refractivity contribution is -0.140. The number of rotatable bonds is 6. The summed E-state index contributed by atoms with van der Waals surface area (Å²) in [4.78, 5) is 24.9. The number of likely N-dealkylation sites (tertiary alicyclic amines) is 1. The van der Waals surface area contributed by atoms with Crippen LogP contribution in [-0.4, -0.2) is 54.3 Å². The summed E-state index contributed by atoms with van der Waals surface area (Å²) >= 11 is 0. The maximum atomic E-state index is 12.4. The first-order chi connectivity index (χ1) is 10.9. The lowest BCUT2D eigenvalue weighted by Gasteiger charge is -2.23. The van der Waals surface area contributed by atoms with Crippen molar-refractivity contribution < 1.29 is 24.2 Å². The third kappa shape index (κ3) is 4.45. The highest BCUT2D eigenvalue weighted by Crippen LogP contribution is 2.24. The third-order valence-corrected chi connectivity index (χ3v) is 4.12. The van der Waals surface area contributed by atoms with Gasteiger partial charge in [0, 0.05) is 19.7 Å². The Balaban J connectivity index is 1.99. The molecule has 23 heavy (non-hydrogen) atoms. The van der Waals surface area contributed by atoms with Gasteiger partial charge in [-0.1, -0.05) is 17.7 Å². The second kappa shape index (κ2) is 7.46. The molecular formula is C17H23NO5. The Hall–Kier alpha value is -2.08. The topological polar surface area (TPSA) is 76.1 Å². The van der Waals surface area contributed by atoms with Crippen LogP contribution in [0.15, 0.2) is 18.2 Å². The molecule has 0 spiro atoms. The van der Waals surface area contributed by atoms with Crippen molar-refractivity contribution in [2.24, 2.45) is 0 Å². The third-order valence-electron chi connectivity index (χ3n) is 4.12. The molecule has 0 bridgehead atoms. The van der Waals surface area contributed by atoms with Gasteiger partial charge in [0.2, 0.25) is 0 Å². The molecule has 6 heteroatoms. The summed E-state index contributed by atoms with van der Waals surface area (Å²) in [5.41, 5.74) is 2.10. The number of carbonyl (C=O) groups excluding carboxylic acids is 1. The monoisotopic (exact) mass is 321 g/mol. The van der Waals surface area contributed by atoms with E-state index >= 15 is 0 Å². The zero-order valence-electron chi connectivity index (χ0n) is 13.7. The van der Waals surface area contributed by atoms with E-state index in [-0.39, 0.29) is 31.1 Å². The summed E-state index contributed by atoms with van der Waals surface area (Å²) in [7, 11) is 1.57. The Morgan fingerprint density at radius 2 is 2.09 bits per heavy atom. The Bertz CT molecular complexity index is 586. The quantitative estimate of drug-likeness (QED) is 0.864. The van der Waals surface area contributed by atoms with Crippen molar-refractivity contribution in [2.45, 2.75) is 38.8 Å². The van der Waals surface area contributed by atoms with Crippen LogP contribution in [0.3, 0.4) is 0 Å². The Kier molecular flexibility index (Phi) is 5.60. The standard InChI is InChI=1S/C17H23NO5/c1-11-4-5-15(12(2)6-11)23-10-16(19)18-9-14(22-3)7-13(18)8-17(20)21/h4-6,13-14H,7-10H2,1-3H3,(H,20,21). The lowest BCUT2D eigenvalue weighted by atomic mass is 10.1. The van der Waals surface area contributed by atoms with Crippen molar-refractivity contribution in [2.75, 3.05) is 20.3 Å². The average Bonchev–Trinajstić information content (AvgIpc) is 2.88. The van der Waals surface area contributed by atoms with E-state index in [4.69, 9.17) is 14.6 Å². The summed E-state index contributed by atoms with van der Waals surface area (Å²) in [6, 6.07) is 5.42. The van der Waals surface area contributed by atoms with Crippen molar-refractivity contribution in [3.8, 4) is 5.75 Å². The van der Waals surface area contributed by atoms with Gasteiger partial charge >= 0.3 is 5.97 Å². The minimum atomic E-state index is -0.917. The maximum Gasteiger partial charge on any atom is 0.305 e. The van der Waals surface area contributed by atoms with Crippen molar-refractivity contribution in [3.05, 3.63) is 29.3 Å². The molecule has 1 N–H and O–H groups in total. The molecule has 2 rings (SSSR count). The zero-order chi connectivity index (χ0) is 17.0.